The molecule has 0 aromatic heterocycles. The van der Waals surface area contributed by atoms with Crippen molar-refractivity contribution in [2.75, 3.05) is 0 Å². The van der Waals surface area contributed by atoms with E-state index in [4.69, 9.17) is 0 Å². The van der Waals surface area contributed by atoms with E-state index in [1.807, 2.05) is 36.4 Å². The maximum Gasteiger partial charge on any atom is 0.123 e. The maximum absolute atomic E-state index is 9.37. The maximum atomic E-state index is 9.37. The van der Waals surface area contributed by atoms with E-state index in [1.54, 1.807) is 6.07 Å². The minimum Gasteiger partial charge on any atom is -0.507 e. The van der Waals surface area contributed by atoms with E-state index in [0.29, 0.717) is 5.75 Å². The van der Waals surface area contributed by atoms with Gasteiger partial charge in [-0.1, -0.05) is 36.4 Å². The zero-order chi connectivity index (χ0) is 7.68. The first-order valence-corrected chi connectivity index (χ1v) is 3.54. The van der Waals surface area contributed by atoms with Gasteiger partial charge in [0.25, 0.3) is 0 Å². The molecule has 12 heavy (non-hydrogen) atoms. The van der Waals surface area contributed by atoms with Gasteiger partial charge in [-0.15, -0.1) is 0 Å². The van der Waals surface area contributed by atoms with Gasteiger partial charge >= 0.3 is 0 Å². The number of fused-ring (bicyclic) bond motifs is 1. The summed E-state index contributed by atoms with van der Waals surface area (Å²) in [4.78, 5) is 0. The van der Waals surface area contributed by atoms with Crippen molar-refractivity contribution in [1.29, 1.82) is 0 Å². The second-order valence-electron chi connectivity index (χ2n) is 2.50. The van der Waals surface area contributed by atoms with Crippen LogP contribution in [0.15, 0.2) is 42.5 Å². The SMILES string of the molecule is Oc1cccc2ccccc12.[K]. The van der Waals surface area contributed by atoms with Gasteiger partial charge in [0.05, 0.1) is 0 Å². The van der Waals surface area contributed by atoms with E-state index < -0.39 is 0 Å². The molecule has 0 heterocycles. The normalized spacial score (nSPS) is 9.33. The van der Waals surface area contributed by atoms with Crippen LogP contribution in [0.2, 0.25) is 0 Å². The second kappa shape index (κ2) is 4.39. The molecule has 1 N–H and O–H groups in total. The second-order valence-corrected chi connectivity index (χ2v) is 2.50. The summed E-state index contributed by atoms with van der Waals surface area (Å²) in [6.45, 7) is 0. The fourth-order valence-corrected chi connectivity index (χ4v) is 1.21. The Morgan fingerprint density at radius 2 is 1.50 bits per heavy atom. The smallest absolute Gasteiger partial charge is 0.123 e. The van der Waals surface area contributed by atoms with Gasteiger partial charge in [0.15, 0.2) is 0 Å². The van der Waals surface area contributed by atoms with E-state index in [0.717, 1.165) is 10.8 Å². The van der Waals surface area contributed by atoms with E-state index >= 15 is 0 Å². The Labute approximate surface area is 114 Å². The van der Waals surface area contributed by atoms with Crippen LogP contribution >= 0.6 is 0 Å². The summed E-state index contributed by atoms with van der Waals surface area (Å²) < 4.78 is 0. The summed E-state index contributed by atoms with van der Waals surface area (Å²) in [5.74, 6) is 0.350. The van der Waals surface area contributed by atoms with Gasteiger partial charge in [-0.05, 0) is 11.5 Å². The third-order valence-electron chi connectivity index (χ3n) is 1.77. The Kier molecular flexibility index (Phi) is 3.74. The minimum atomic E-state index is 0. The van der Waals surface area contributed by atoms with E-state index in [-0.39, 0.29) is 51.4 Å². The Balaban J connectivity index is 0.000000720. The van der Waals surface area contributed by atoms with Crippen molar-refractivity contribution in [1.82, 2.24) is 0 Å². The number of aromatic hydroxyl groups is 1. The van der Waals surface area contributed by atoms with E-state index in [1.165, 1.54) is 0 Å². The first-order valence-electron chi connectivity index (χ1n) is 3.54. The van der Waals surface area contributed by atoms with Gasteiger partial charge in [0, 0.05) is 56.8 Å². The molecule has 0 spiro atoms. The molecule has 55 valence electrons. The summed E-state index contributed by atoms with van der Waals surface area (Å²) >= 11 is 0. The van der Waals surface area contributed by atoms with Crippen LogP contribution in [0.1, 0.15) is 0 Å². The number of rotatable bonds is 0. The zero-order valence-electron chi connectivity index (χ0n) is 6.99. The van der Waals surface area contributed by atoms with Crippen molar-refractivity contribution in [2.24, 2.45) is 0 Å². The Morgan fingerprint density at radius 1 is 0.833 bits per heavy atom. The van der Waals surface area contributed by atoms with Crippen LogP contribution in [0.4, 0.5) is 0 Å². The number of phenols is 1. The Hall–Kier alpha value is 0.136. The predicted octanol–water partition coefficient (Wildman–Crippen LogP) is 2.16. The van der Waals surface area contributed by atoms with Crippen LogP contribution in [-0.2, 0) is 0 Å². The number of hydrogen-bond acceptors (Lipinski definition) is 1. The summed E-state index contributed by atoms with van der Waals surface area (Å²) in [5, 5.41) is 11.4. The molecule has 0 amide bonds. The van der Waals surface area contributed by atoms with E-state index in [2.05, 4.69) is 0 Å². The van der Waals surface area contributed by atoms with Crippen LogP contribution in [0.5, 0.6) is 5.75 Å². The molecule has 0 unspecified atom stereocenters. The third-order valence-corrected chi connectivity index (χ3v) is 1.77. The molecule has 2 heteroatoms. The van der Waals surface area contributed by atoms with Crippen molar-refractivity contribution < 1.29 is 5.11 Å². The summed E-state index contributed by atoms with van der Waals surface area (Å²) in [5.41, 5.74) is 0. The largest absolute Gasteiger partial charge is 0.507 e. The first-order chi connectivity index (χ1) is 5.38. The molecule has 0 atom stereocenters. The molecule has 2 rings (SSSR count). The van der Waals surface area contributed by atoms with Crippen molar-refractivity contribution in [2.45, 2.75) is 0 Å². The fraction of sp³-hybridized carbons (Fsp3) is 0. The molecule has 0 saturated carbocycles. The molecule has 0 saturated heterocycles. The predicted molar refractivity (Wildman–Crippen MR) is 51.4 cm³/mol. The molecule has 0 fully saturated rings. The quantitative estimate of drug-likeness (QED) is 0.621. The molecule has 0 aliphatic heterocycles. The molecule has 0 aliphatic carbocycles. The monoisotopic (exact) mass is 183 g/mol. The molecule has 2 aromatic carbocycles. The average Bonchev–Trinajstić information content (AvgIpc) is 2.06. The van der Waals surface area contributed by atoms with Gasteiger partial charge < -0.3 is 5.11 Å². The molecule has 1 radical (unpaired) electrons. The molecule has 0 bridgehead atoms. The number of hydrogen-bond donors (Lipinski definition) is 1. The van der Waals surface area contributed by atoms with Crippen molar-refractivity contribution in [3.63, 3.8) is 0 Å². The summed E-state index contributed by atoms with van der Waals surface area (Å²) in [7, 11) is 0. The van der Waals surface area contributed by atoms with Crippen molar-refractivity contribution in [3.05, 3.63) is 42.5 Å². The Bertz CT molecular complexity index is 379. The molecule has 1 nitrogen and oxygen atoms in total. The fourth-order valence-electron chi connectivity index (χ4n) is 1.21. The minimum absolute atomic E-state index is 0. The Morgan fingerprint density at radius 3 is 2.25 bits per heavy atom. The van der Waals surface area contributed by atoms with Crippen LogP contribution in [0.25, 0.3) is 10.8 Å². The van der Waals surface area contributed by atoms with Crippen LogP contribution < -0.4 is 0 Å². The number of phenolic OH excluding ortho intramolecular Hbond substituents is 1. The van der Waals surface area contributed by atoms with Gasteiger partial charge in [-0.2, -0.15) is 0 Å². The summed E-state index contributed by atoms with van der Waals surface area (Å²) in [6.07, 6.45) is 0. The molecular formula is C10H8KO. The summed E-state index contributed by atoms with van der Waals surface area (Å²) in [6, 6.07) is 13.3. The first kappa shape index (κ1) is 10.2. The van der Waals surface area contributed by atoms with E-state index in [9.17, 15) is 5.11 Å². The molecule has 0 aliphatic rings. The van der Waals surface area contributed by atoms with Gasteiger partial charge in [0.2, 0.25) is 0 Å². The van der Waals surface area contributed by atoms with Crippen molar-refractivity contribution in [3.8, 4) is 5.75 Å². The average molecular weight is 183 g/mol. The van der Waals surface area contributed by atoms with Crippen LogP contribution in [0.3, 0.4) is 0 Å². The standard InChI is InChI=1S/C10H8O.K/c11-10-7-3-5-8-4-1-2-6-9(8)10;/h1-7,11H;. The van der Waals surface area contributed by atoms with Crippen LogP contribution in [-0.4, -0.2) is 56.5 Å². The zero-order valence-corrected chi connectivity index (χ0v) is 10.1. The van der Waals surface area contributed by atoms with Crippen LogP contribution in [0, 0.1) is 0 Å². The molecular weight excluding hydrogens is 175 g/mol. The van der Waals surface area contributed by atoms with Gasteiger partial charge in [0.1, 0.15) is 5.75 Å². The topological polar surface area (TPSA) is 20.2 Å². The third kappa shape index (κ3) is 1.89. The number of benzene rings is 2. The van der Waals surface area contributed by atoms with Gasteiger partial charge in [-0.3, -0.25) is 0 Å². The van der Waals surface area contributed by atoms with Crippen molar-refractivity contribution >= 4 is 62.2 Å². The molecule has 2 aromatic rings. The van der Waals surface area contributed by atoms with Gasteiger partial charge in [-0.25, -0.2) is 0 Å².